The minimum Gasteiger partial charge on any atom is -0.310 e. The van der Waals surface area contributed by atoms with Crippen molar-refractivity contribution < 1.29 is 13.2 Å². The van der Waals surface area contributed by atoms with Gasteiger partial charge in [0.25, 0.3) is 0 Å². The average Bonchev–Trinajstić information content (AvgIpc) is 3.50. The third-order valence-corrected chi connectivity index (χ3v) is 6.77. The van der Waals surface area contributed by atoms with Gasteiger partial charge in [0, 0.05) is 25.2 Å². The molecule has 2 heterocycles. The first-order valence-electron chi connectivity index (χ1n) is 11.2. The lowest BCUT2D eigenvalue weighted by molar-refractivity contribution is -0.137. The number of fused-ring (bicyclic) bond motifs is 1. The van der Waals surface area contributed by atoms with Crippen molar-refractivity contribution in [2.45, 2.75) is 69.6 Å². The normalized spacial score (nSPS) is 22.2. The molecule has 0 saturated heterocycles. The predicted molar refractivity (Wildman–Crippen MR) is 113 cm³/mol. The average molecular weight is 429 g/mol. The van der Waals surface area contributed by atoms with Gasteiger partial charge in [-0.25, -0.2) is 0 Å². The van der Waals surface area contributed by atoms with Crippen molar-refractivity contribution in [2.24, 2.45) is 5.92 Å². The molecule has 2 aliphatic rings. The van der Waals surface area contributed by atoms with Crippen LogP contribution in [0.5, 0.6) is 0 Å². The lowest BCUT2D eigenvalue weighted by Gasteiger charge is -2.30. The highest BCUT2D eigenvalue weighted by atomic mass is 19.4. The highest BCUT2D eigenvalue weighted by Gasteiger charge is 2.38. The zero-order chi connectivity index (χ0) is 21.4. The maximum Gasteiger partial charge on any atom is 0.420 e. The minimum atomic E-state index is -4.46. The van der Waals surface area contributed by atoms with E-state index in [4.69, 9.17) is 0 Å². The number of hydrogen-bond donors (Lipinski definition) is 1. The summed E-state index contributed by atoms with van der Waals surface area (Å²) in [6.07, 6.45) is 4.23. The van der Waals surface area contributed by atoms with Gasteiger partial charge < -0.3 is 5.32 Å². The molecule has 164 valence electrons. The fraction of sp³-hybridized carbons (Fsp3) is 0.500. The van der Waals surface area contributed by atoms with Crippen LogP contribution in [0.15, 0.2) is 42.6 Å². The zero-order valence-electron chi connectivity index (χ0n) is 17.4. The number of pyridine rings is 1. The molecule has 2 saturated carbocycles. The van der Waals surface area contributed by atoms with Crippen LogP contribution in [-0.4, -0.2) is 20.6 Å². The summed E-state index contributed by atoms with van der Waals surface area (Å²) < 4.78 is 43.4. The van der Waals surface area contributed by atoms with E-state index in [0.29, 0.717) is 24.1 Å². The lowest BCUT2D eigenvalue weighted by Crippen LogP contribution is -2.33. The fourth-order valence-corrected chi connectivity index (χ4v) is 4.83. The Bertz CT molecular complexity index is 1030. The number of rotatable bonds is 6. The molecule has 2 aromatic heterocycles. The molecule has 1 N–H and O–H groups in total. The molecular weight excluding hydrogens is 401 g/mol. The molecule has 2 aliphatic carbocycles. The van der Waals surface area contributed by atoms with Gasteiger partial charge >= 0.3 is 6.18 Å². The summed E-state index contributed by atoms with van der Waals surface area (Å²) in [6.45, 7) is 0.191. The largest absolute Gasteiger partial charge is 0.420 e. The van der Waals surface area contributed by atoms with Gasteiger partial charge in [-0.2, -0.15) is 13.2 Å². The first-order chi connectivity index (χ1) is 15.0. The van der Waals surface area contributed by atoms with Crippen LogP contribution in [0.4, 0.5) is 13.2 Å². The summed E-state index contributed by atoms with van der Waals surface area (Å²) >= 11 is 0. The lowest BCUT2D eigenvalue weighted by atomic mass is 9.82. The van der Waals surface area contributed by atoms with Gasteiger partial charge in [0.15, 0.2) is 5.65 Å². The molecule has 0 spiro atoms. The van der Waals surface area contributed by atoms with Crippen LogP contribution in [0.1, 0.15) is 67.0 Å². The molecule has 1 aromatic carbocycles. The molecule has 0 bridgehead atoms. The van der Waals surface area contributed by atoms with E-state index >= 15 is 0 Å². The maximum atomic E-state index is 14.0. The van der Waals surface area contributed by atoms with Crippen LogP contribution in [0.25, 0.3) is 5.65 Å². The Hall–Kier alpha value is -2.41. The summed E-state index contributed by atoms with van der Waals surface area (Å²) in [5.41, 5.74) is 0.875. The van der Waals surface area contributed by atoms with Gasteiger partial charge in [-0.1, -0.05) is 30.3 Å². The number of halogens is 3. The quantitative estimate of drug-likeness (QED) is 0.562. The molecule has 0 unspecified atom stereocenters. The SMILES string of the molecule is FC(F)(F)c1c(CN[C@H]2CC[C@@H](c3ccccc3)CC2)ccn2c(CC3CC3)nnc12. The molecule has 0 aliphatic heterocycles. The van der Waals surface area contributed by atoms with Crippen molar-refractivity contribution in [2.75, 3.05) is 0 Å². The Morgan fingerprint density at radius 1 is 0.935 bits per heavy atom. The van der Waals surface area contributed by atoms with Crippen LogP contribution >= 0.6 is 0 Å². The highest BCUT2D eigenvalue weighted by molar-refractivity contribution is 5.53. The van der Waals surface area contributed by atoms with E-state index in [9.17, 15) is 13.2 Å². The highest BCUT2D eigenvalue weighted by Crippen LogP contribution is 2.37. The summed E-state index contributed by atoms with van der Waals surface area (Å²) in [5.74, 6) is 1.71. The standard InChI is InChI=1S/C24H27F3N4/c25-24(26,27)22-19(12-13-31-21(14-16-6-7-16)29-30-23(22)31)15-28-20-10-8-18(9-11-20)17-4-2-1-3-5-17/h1-5,12-13,16,18,20,28H,6-11,14-15H2/t18-,20+. The second kappa shape index (κ2) is 8.26. The van der Waals surface area contributed by atoms with Crippen LogP contribution in [0.3, 0.4) is 0 Å². The summed E-state index contributed by atoms with van der Waals surface area (Å²) in [5, 5.41) is 11.4. The first-order valence-corrected chi connectivity index (χ1v) is 11.2. The Morgan fingerprint density at radius 2 is 1.68 bits per heavy atom. The van der Waals surface area contributed by atoms with Crippen LogP contribution in [0.2, 0.25) is 0 Å². The molecule has 0 amide bonds. The number of benzene rings is 1. The maximum absolute atomic E-state index is 14.0. The Labute approximate surface area is 179 Å². The Kier molecular flexibility index (Phi) is 5.46. The molecule has 3 aromatic rings. The van der Waals surface area contributed by atoms with Crippen molar-refractivity contribution in [3.63, 3.8) is 0 Å². The second-order valence-electron chi connectivity index (χ2n) is 9.01. The number of nitrogens with one attached hydrogen (secondary N) is 1. The van der Waals surface area contributed by atoms with Crippen molar-refractivity contribution in [3.8, 4) is 0 Å². The van der Waals surface area contributed by atoms with Gasteiger partial charge in [0.2, 0.25) is 0 Å². The first kappa shape index (κ1) is 20.5. The van der Waals surface area contributed by atoms with Gasteiger partial charge in [-0.15, -0.1) is 10.2 Å². The van der Waals surface area contributed by atoms with E-state index in [2.05, 4.69) is 39.8 Å². The number of aromatic nitrogens is 3. The van der Waals surface area contributed by atoms with Gasteiger partial charge in [-0.05, 0) is 67.6 Å². The predicted octanol–water partition coefficient (Wildman–Crippen LogP) is 5.52. The molecule has 31 heavy (non-hydrogen) atoms. The minimum absolute atomic E-state index is 0.0739. The molecule has 0 radical (unpaired) electrons. The van der Waals surface area contributed by atoms with E-state index < -0.39 is 11.7 Å². The molecule has 5 rings (SSSR count). The molecular formula is C24H27F3N4. The van der Waals surface area contributed by atoms with E-state index in [-0.39, 0.29) is 23.8 Å². The van der Waals surface area contributed by atoms with E-state index in [1.807, 2.05) is 6.07 Å². The van der Waals surface area contributed by atoms with Gasteiger partial charge in [-0.3, -0.25) is 4.40 Å². The zero-order valence-corrected chi connectivity index (χ0v) is 17.4. The summed E-state index contributed by atoms with van der Waals surface area (Å²) in [4.78, 5) is 0. The molecule has 2 fully saturated rings. The number of nitrogens with zero attached hydrogens (tertiary/aromatic N) is 3. The molecule has 0 atom stereocenters. The van der Waals surface area contributed by atoms with Crippen molar-refractivity contribution in [1.82, 2.24) is 19.9 Å². The Morgan fingerprint density at radius 3 is 2.35 bits per heavy atom. The smallest absolute Gasteiger partial charge is 0.310 e. The molecule has 4 nitrogen and oxygen atoms in total. The monoisotopic (exact) mass is 428 g/mol. The summed E-state index contributed by atoms with van der Waals surface area (Å²) in [7, 11) is 0. The van der Waals surface area contributed by atoms with Crippen molar-refractivity contribution in [3.05, 3.63) is 65.1 Å². The number of alkyl halides is 3. The third-order valence-electron chi connectivity index (χ3n) is 6.77. The Balaban J connectivity index is 1.29. The summed E-state index contributed by atoms with van der Waals surface area (Å²) in [6, 6.07) is 12.3. The van der Waals surface area contributed by atoms with Crippen LogP contribution < -0.4 is 5.32 Å². The van der Waals surface area contributed by atoms with E-state index in [1.54, 1.807) is 12.3 Å². The second-order valence-corrected chi connectivity index (χ2v) is 9.01. The van der Waals surface area contributed by atoms with Crippen molar-refractivity contribution in [1.29, 1.82) is 0 Å². The van der Waals surface area contributed by atoms with E-state index in [0.717, 1.165) is 38.5 Å². The van der Waals surface area contributed by atoms with Crippen molar-refractivity contribution >= 4 is 5.65 Å². The van der Waals surface area contributed by atoms with Gasteiger partial charge in [0.05, 0.1) is 0 Å². The topological polar surface area (TPSA) is 42.2 Å². The van der Waals surface area contributed by atoms with E-state index in [1.165, 1.54) is 9.96 Å². The van der Waals surface area contributed by atoms with Gasteiger partial charge in [0.1, 0.15) is 11.4 Å². The fourth-order valence-electron chi connectivity index (χ4n) is 4.83. The third kappa shape index (κ3) is 4.47. The van der Waals surface area contributed by atoms with Crippen LogP contribution in [-0.2, 0) is 19.1 Å². The van der Waals surface area contributed by atoms with Crippen LogP contribution in [0, 0.1) is 5.92 Å². The number of hydrogen-bond acceptors (Lipinski definition) is 3. The molecule has 7 heteroatoms.